The van der Waals surface area contributed by atoms with E-state index in [1.165, 1.54) is 16.7 Å². The summed E-state index contributed by atoms with van der Waals surface area (Å²) < 4.78 is 24.1. The number of ether oxygens (including phenoxy) is 3. The lowest BCUT2D eigenvalue weighted by atomic mass is 9.95. The number of carbonyl (C=O) groups is 1. The topological polar surface area (TPSA) is 135 Å². The number of fused-ring (bicyclic) bond motifs is 2. The third-order valence-corrected chi connectivity index (χ3v) is 7.81. The van der Waals surface area contributed by atoms with Gasteiger partial charge in [-0.1, -0.05) is 23.5 Å². The fourth-order valence-corrected chi connectivity index (χ4v) is 5.91. The number of rotatable bonds is 6. The van der Waals surface area contributed by atoms with E-state index < -0.39 is 16.9 Å². The average Bonchev–Trinajstić information content (AvgIpc) is 3.67. The van der Waals surface area contributed by atoms with Crippen molar-refractivity contribution < 1.29 is 28.3 Å². The van der Waals surface area contributed by atoms with Gasteiger partial charge in [-0.2, -0.15) is 0 Å². The maximum absolute atomic E-state index is 13.9. The van der Waals surface area contributed by atoms with Crippen LogP contribution in [0.5, 0.6) is 11.5 Å². The van der Waals surface area contributed by atoms with E-state index >= 15 is 0 Å². The number of nitro groups is 1. The van der Waals surface area contributed by atoms with Gasteiger partial charge in [0.05, 0.1) is 33.4 Å². The summed E-state index contributed by atoms with van der Waals surface area (Å²) in [6, 6.07) is 12.4. The number of hydrogen-bond donors (Lipinski definition) is 0. The molecule has 0 amide bonds. The molecule has 0 saturated heterocycles. The summed E-state index contributed by atoms with van der Waals surface area (Å²) >= 11 is 1.16. The number of hydrogen-bond acceptors (Lipinski definition) is 10. The van der Waals surface area contributed by atoms with E-state index in [1.807, 2.05) is 6.92 Å². The van der Waals surface area contributed by atoms with E-state index in [0.29, 0.717) is 49.2 Å². The first-order valence-corrected chi connectivity index (χ1v) is 13.5. The molecule has 4 heterocycles. The van der Waals surface area contributed by atoms with Crippen molar-refractivity contribution in [2.75, 3.05) is 13.4 Å². The zero-order chi connectivity index (χ0) is 28.8. The van der Waals surface area contributed by atoms with Crippen molar-refractivity contribution in [1.29, 1.82) is 0 Å². The van der Waals surface area contributed by atoms with E-state index in [4.69, 9.17) is 18.6 Å². The molecule has 2 aliphatic heterocycles. The SMILES string of the molecule is CCOC(=O)C1=C(C)N=c2s/c(=C\c3ccc(-c4cc([N+](=O)[O-])ccc4C)o3)c(=O)n2[C@@H]1c1ccc2c(c1)OCO2. The number of non-ortho nitro benzene ring substituents is 1. The van der Waals surface area contributed by atoms with E-state index in [9.17, 15) is 19.7 Å². The van der Waals surface area contributed by atoms with Crippen molar-refractivity contribution in [3.05, 3.63) is 106 Å². The lowest BCUT2D eigenvalue weighted by Crippen LogP contribution is -2.39. The highest BCUT2D eigenvalue weighted by Crippen LogP contribution is 2.38. The highest BCUT2D eigenvalue weighted by atomic mass is 32.1. The van der Waals surface area contributed by atoms with Gasteiger partial charge in [0, 0.05) is 23.8 Å². The fraction of sp³-hybridized carbons (Fsp3) is 0.207. The second-order valence-corrected chi connectivity index (χ2v) is 10.4. The number of aromatic nitrogens is 1. The number of nitro benzene ring substituents is 1. The summed E-state index contributed by atoms with van der Waals surface area (Å²) in [4.78, 5) is 42.8. The zero-order valence-corrected chi connectivity index (χ0v) is 23.0. The molecule has 1 atom stereocenters. The van der Waals surface area contributed by atoms with Gasteiger partial charge in [-0.15, -0.1) is 0 Å². The molecule has 0 radical (unpaired) electrons. The largest absolute Gasteiger partial charge is 0.463 e. The van der Waals surface area contributed by atoms with Gasteiger partial charge in [0.1, 0.15) is 11.5 Å². The van der Waals surface area contributed by atoms with Crippen LogP contribution in [0.3, 0.4) is 0 Å². The Hall–Kier alpha value is -4.97. The Bertz CT molecular complexity index is 1950. The van der Waals surface area contributed by atoms with Crippen molar-refractivity contribution in [3.8, 4) is 22.8 Å². The maximum Gasteiger partial charge on any atom is 0.338 e. The number of nitrogens with zero attached hydrogens (tertiary/aromatic N) is 3. The van der Waals surface area contributed by atoms with Gasteiger partial charge < -0.3 is 18.6 Å². The molecular formula is C29H23N3O8S. The molecule has 2 aromatic carbocycles. The van der Waals surface area contributed by atoms with Gasteiger partial charge in [-0.3, -0.25) is 19.5 Å². The van der Waals surface area contributed by atoms with Gasteiger partial charge in [0.25, 0.3) is 11.2 Å². The van der Waals surface area contributed by atoms with Crippen LogP contribution in [-0.2, 0) is 9.53 Å². The lowest BCUT2D eigenvalue weighted by molar-refractivity contribution is -0.384. The molecule has 11 nitrogen and oxygen atoms in total. The molecule has 12 heteroatoms. The van der Waals surface area contributed by atoms with E-state index in [0.717, 1.165) is 16.9 Å². The van der Waals surface area contributed by atoms with E-state index in [2.05, 4.69) is 4.99 Å². The first-order valence-electron chi connectivity index (χ1n) is 12.7. The summed E-state index contributed by atoms with van der Waals surface area (Å²) in [5.74, 6) is 1.35. The Morgan fingerprint density at radius 1 is 1.17 bits per heavy atom. The molecule has 2 aliphatic rings. The van der Waals surface area contributed by atoms with Crippen LogP contribution in [0.2, 0.25) is 0 Å². The van der Waals surface area contributed by atoms with Crippen molar-refractivity contribution in [2.45, 2.75) is 26.8 Å². The second-order valence-electron chi connectivity index (χ2n) is 9.37. The Morgan fingerprint density at radius 2 is 1.98 bits per heavy atom. The van der Waals surface area contributed by atoms with Crippen LogP contribution in [0, 0.1) is 17.0 Å². The smallest absolute Gasteiger partial charge is 0.338 e. The molecule has 0 fully saturated rings. The molecule has 2 aromatic heterocycles. The van der Waals surface area contributed by atoms with Crippen molar-refractivity contribution >= 4 is 29.1 Å². The van der Waals surface area contributed by atoms with Crippen LogP contribution >= 0.6 is 11.3 Å². The standard InChI is InChI=1S/C29H23N3O8S/c1-4-37-28(34)25-16(3)30-29-31(26(25)17-6-9-22-23(11-17)39-14-38-22)27(33)24(41-29)13-19-8-10-21(40-19)20-12-18(32(35)36)7-5-15(20)2/h5-13,26H,4,14H2,1-3H3/b24-13-/t26-/m1/s1. The molecule has 0 unspecified atom stereocenters. The van der Waals surface area contributed by atoms with Crippen molar-refractivity contribution in [3.63, 3.8) is 0 Å². The Balaban J connectivity index is 1.47. The minimum atomic E-state index is -0.804. The molecular weight excluding hydrogens is 550 g/mol. The summed E-state index contributed by atoms with van der Waals surface area (Å²) in [7, 11) is 0. The first-order chi connectivity index (χ1) is 19.7. The lowest BCUT2D eigenvalue weighted by Gasteiger charge is -2.24. The Labute approximate surface area is 236 Å². The number of benzene rings is 2. The van der Waals surface area contributed by atoms with Gasteiger partial charge >= 0.3 is 5.97 Å². The number of thiazole rings is 1. The number of aryl methyl sites for hydroxylation is 1. The van der Waals surface area contributed by atoms with Crippen LogP contribution in [0.25, 0.3) is 17.4 Å². The number of allylic oxidation sites excluding steroid dienone is 1. The summed E-state index contributed by atoms with van der Waals surface area (Å²) in [6.45, 7) is 5.51. The van der Waals surface area contributed by atoms with Crippen LogP contribution in [0.4, 0.5) is 5.69 Å². The molecule has 0 N–H and O–H groups in total. The van der Waals surface area contributed by atoms with Gasteiger partial charge in [-0.05, 0) is 56.2 Å². The van der Waals surface area contributed by atoms with Crippen molar-refractivity contribution in [2.24, 2.45) is 4.99 Å². The van der Waals surface area contributed by atoms with E-state index in [-0.39, 0.29) is 30.2 Å². The zero-order valence-electron chi connectivity index (χ0n) is 22.2. The Morgan fingerprint density at radius 3 is 2.76 bits per heavy atom. The molecule has 0 spiro atoms. The Kier molecular flexibility index (Phi) is 6.54. The number of esters is 1. The molecule has 4 aromatic rings. The van der Waals surface area contributed by atoms with Crippen molar-refractivity contribution in [1.82, 2.24) is 4.57 Å². The predicted octanol–water partition coefficient (Wildman–Crippen LogP) is 4.00. The number of furan rings is 1. The monoisotopic (exact) mass is 573 g/mol. The quantitative estimate of drug-likeness (QED) is 0.192. The van der Waals surface area contributed by atoms with Gasteiger partial charge in [0.15, 0.2) is 16.3 Å². The minimum Gasteiger partial charge on any atom is -0.463 e. The predicted molar refractivity (Wildman–Crippen MR) is 148 cm³/mol. The molecule has 0 bridgehead atoms. The third-order valence-electron chi connectivity index (χ3n) is 6.83. The minimum absolute atomic E-state index is 0.0480. The number of carbonyl (C=O) groups excluding carboxylic acids is 1. The third kappa shape index (κ3) is 4.61. The molecule has 0 aliphatic carbocycles. The summed E-state index contributed by atoms with van der Waals surface area (Å²) in [6.07, 6.45) is 1.60. The summed E-state index contributed by atoms with van der Waals surface area (Å²) in [5, 5.41) is 11.3. The fourth-order valence-electron chi connectivity index (χ4n) is 4.88. The highest BCUT2D eigenvalue weighted by molar-refractivity contribution is 7.07. The molecule has 208 valence electrons. The van der Waals surface area contributed by atoms with E-state index in [1.54, 1.807) is 56.3 Å². The summed E-state index contributed by atoms with van der Waals surface area (Å²) in [5.41, 5.74) is 2.31. The highest BCUT2D eigenvalue weighted by Gasteiger charge is 2.34. The normalized spacial score (nSPS) is 16.0. The molecule has 0 saturated carbocycles. The molecule has 6 rings (SSSR count). The second kappa shape index (κ2) is 10.2. The molecule has 41 heavy (non-hydrogen) atoms. The maximum atomic E-state index is 13.9. The van der Waals surface area contributed by atoms with Gasteiger partial charge in [-0.25, -0.2) is 9.79 Å². The van der Waals surface area contributed by atoms with Crippen LogP contribution in [0.15, 0.2) is 74.0 Å². The van der Waals surface area contributed by atoms with Crippen LogP contribution in [0.1, 0.15) is 36.8 Å². The van der Waals surface area contributed by atoms with Crippen LogP contribution < -0.4 is 24.4 Å². The van der Waals surface area contributed by atoms with Crippen LogP contribution in [-0.4, -0.2) is 28.9 Å². The first kappa shape index (κ1) is 26.3. The van der Waals surface area contributed by atoms with Gasteiger partial charge in [0.2, 0.25) is 6.79 Å². The average molecular weight is 574 g/mol.